The highest BCUT2D eigenvalue weighted by Crippen LogP contribution is 2.45. The number of ether oxygens (including phenoxy) is 1. The molecule has 0 bridgehead atoms. The summed E-state index contributed by atoms with van der Waals surface area (Å²) < 4.78 is 34.2. The number of nitrogens with zero attached hydrogens (tertiary/aromatic N) is 1. The maximum absolute atomic E-state index is 14.7. The van der Waals surface area contributed by atoms with Crippen LogP contribution in [-0.2, 0) is 4.74 Å². The van der Waals surface area contributed by atoms with Gasteiger partial charge in [0.25, 0.3) is 0 Å². The molecule has 7 heteroatoms. The smallest absolute Gasteiger partial charge is 0.149 e. The number of hydrogen-bond acceptors (Lipinski definition) is 5. The van der Waals surface area contributed by atoms with Crippen molar-refractivity contribution in [3.05, 3.63) is 42.1 Å². The number of halogens is 2. The summed E-state index contributed by atoms with van der Waals surface area (Å²) in [7, 11) is 1.72. The number of aromatic nitrogens is 1. The highest BCUT2D eigenvalue weighted by molar-refractivity contribution is 5.71. The second kappa shape index (κ2) is 10.3. The van der Waals surface area contributed by atoms with Crippen LogP contribution >= 0.6 is 0 Å². The van der Waals surface area contributed by atoms with E-state index in [0.717, 1.165) is 45.1 Å². The fourth-order valence-electron chi connectivity index (χ4n) is 4.58. The van der Waals surface area contributed by atoms with Gasteiger partial charge in [-0.25, -0.2) is 13.8 Å². The van der Waals surface area contributed by atoms with Gasteiger partial charge in [-0.2, -0.15) is 0 Å². The molecule has 2 aliphatic rings. The first kappa shape index (κ1) is 23.9. The Morgan fingerprint density at radius 2 is 1.82 bits per heavy atom. The molecule has 2 saturated carbocycles. The van der Waals surface area contributed by atoms with Gasteiger partial charge in [0.2, 0.25) is 0 Å². The number of nitrogens with one attached hydrogen (secondary N) is 3. The minimum atomic E-state index is -0.410. The Labute approximate surface area is 195 Å². The largest absolute Gasteiger partial charge is 0.383 e. The fourth-order valence-corrected chi connectivity index (χ4v) is 4.58. The molecule has 0 unspecified atom stereocenters. The molecule has 1 aromatic carbocycles. The first-order chi connectivity index (χ1) is 15.8. The van der Waals surface area contributed by atoms with Crippen LogP contribution in [0.25, 0.3) is 11.1 Å². The van der Waals surface area contributed by atoms with Crippen LogP contribution in [-0.4, -0.2) is 43.4 Å². The number of rotatable bonds is 10. The third-order valence-corrected chi connectivity index (χ3v) is 6.96. The second-order valence-electron chi connectivity index (χ2n) is 10.1. The Hall–Kier alpha value is -2.25. The third-order valence-electron chi connectivity index (χ3n) is 6.96. The van der Waals surface area contributed by atoms with Gasteiger partial charge in [0.05, 0.1) is 18.5 Å². The zero-order valence-corrected chi connectivity index (χ0v) is 19.9. The molecule has 0 spiro atoms. The summed E-state index contributed by atoms with van der Waals surface area (Å²) in [5.41, 5.74) is 1.73. The molecule has 33 heavy (non-hydrogen) atoms. The lowest BCUT2D eigenvalue weighted by molar-refractivity contribution is 0.161. The quantitative estimate of drug-likeness (QED) is 0.434. The topological polar surface area (TPSA) is 58.2 Å². The lowest BCUT2D eigenvalue weighted by Crippen LogP contribution is -2.42. The molecule has 1 atom stereocenters. The molecule has 2 fully saturated rings. The summed E-state index contributed by atoms with van der Waals surface area (Å²) in [6.07, 6.45) is 7.75. The standard InChI is InChI=1S/C26H36F2N4O/c1-17(15-33-3)31-19-5-7-20(8-6-19)32-25-13-21(23(28)14-29-25)18-4-9-22(27)24(12-18)30-16-26(2)10-11-26/h4,9,12-14,17,19-20,30-31H,5-8,10-11,15-16H2,1-3H3,(H,29,32)/t17-,19?,20?/m1/s1. The molecule has 0 radical (unpaired) electrons. The minimum Gasteiger partial charge on any atom is -0.383 e. The number of hydrogen-bond donors (Lipinski definition) is 3. The SMILES string of the molecule is COC[C@@H](C)NC1CCC(Nc2cc(-c3ccc(F)c(NCC4(C)CC4)c3)c(F)cn2)CC1. The molecule has 3 N–H and O–H groups in total. The molecule has 0 saturated heterocycles. The van der Waals surface area contributed by atoms with Crippen molar-refractivity contribution in [2.45, 2.75) is 70.5 Å². The van der Waals surface area contributed by atoms with Crippen molar-refractivity contribution >= 4 is 11.5 Å². The van der Waals surface area contributed by atoms with Gasteiger partial charge in [-0.1, -0.05) is 13.0 Å². The van der Waals surface area contributed by atoms with E-state index in [4.69, 9.17) is 4.74 Å². The Balaban J connectivity index is 1.39. The maximum atomic E-state index is 14.7. The Bertz CT molecular complexity index is 942. The van der Waals surface area contributed by atoms with E-state index in [1.54, 1.807) is 25.3 Å². The number of anilines is 2. The van der Waals surface area contributed by atoms with Crippen molar-refractivity contribution in [1.29, 1.82) is 0 Å². The summed E-state index contributed by atoms with van der Waals surface area (Å²) in [5, 5.41) is 10.3. The van der Waals surface area contributed by atoms with E-state index < -0.39 is 5.82 Å². The second-order valence-corrected chi connectivity index (χ2v) is 10.1. The molecule has 1 aromatic heterocycles. The summed E-state index contributed by atoms with van der Waals surface area (Å²) in [6.45, 7) is 5.76. The summed E-state index contributed by atoms with van der Waals surface area (Å²) in [5.74, 6) is -0.0758. The van der Waals surface area contributed by atoms with Gasteiger partial charge < -0.3 is 20.7 Å². The van der Waals surface area contributed by atoms with E-state index in [1.165, 1.54) is 12.3 Å². The minimum absolute atomic E-state index is 0.248. The molecule has 2 aliphatic carbocycles. The van der Waals surface area contributed by atoms with Gasteiger partial charge in [-0.15, -0.1) is 0 Å². The van der Waals surface area contributed by atoms with Gasteiger partial charge in [0.1, 0.15) is 17.5 Å². The Kier molecular flexibility index (Phi) is 7.49. The molecular formula is C26H36F2N4O. The van der Waals surface area contributed by atoms with Crippen molar-refractivity contribution in [1.82, 2.24) is 10.3 Å². The monoisotopic (exact) mass is 458 g/mol. The van der Waals surface area contributed by atoms with E-state index in [9.17, 15) is 8.78 Å². The van der Waals surface area contributed by atoms with Crippen molar-refractivity contribution in [3.63, 3.8) is 0 Å². The Morgan fingerprint density at radius 1 is 1.09 bits per heavy atom. The fraction of sp³-hybridized carbons (Fsp3) is 0.577. The van der Waals surface area contributed by atoms with Crippen molar-refractivity contribution < 1.29 is 13.5 Å². The van der Waals surface area contributed by atoms with Crippen LogP contribution in [0.2, 0.25) is 0 Å². The van der Waals surface area contributed by atoms with Gasteiger partial charge >= 0.3 is 0 Å². The van der Waals surface area contributed by atoms with Gasteiger partial charge in [0.15, 0.2) is 0 Å². The van der Waals surface area contributed by atoms with Crippen LogP contribution in [0.3, 0.4) is 0 Å². The van der Waals surface area contributed by atoms with Gasteiger partial charge in [-0.05, 0) is 74.6 Å². The lowest BCUT2D eigenvalue weighted by Gasteiger charge is -2.31. The molecule has 180 valence electrons. The van der Waals surface area contributed by atoms with Crippen LogP contribution in [0.1, 0.15) is 52.4 Å². The van der Waals surface area contributed by atoms with Crippen LogP contribution < -0.4 is 16.0 Å². The third kappa shape index (κ3) is 6.42. The maximum Gasteiger partial charge on any atom is 0.149 e. The lowest BCUT2D eigenvalue weighted by atomic mass is 9.90. The molecule has 2 aromatic rings. The van der Waals surface area contributed by atoms with Gasteiger partial charge in [-0.3, -0.25) is 0 Å². The summed E-state index contributed by atoms with van der Waals surface area (Å²) >= 11 is 0. The zero-order chi connectivity index (χ0) is 23.4. The highest BCUT2D eigenvalue weighted by atomic mass is 19.1. The highest BCUT2D eigenvalue weighted by Gasteiger charge is 2.36. The Morgan fingerprint density at radius 3 is 2.52 bits per heavy atom. The van der Waals surface area contributed by atoms with E-state index >= 15 is 0 Å². The first-order valence-corrected chi connectivity index (χ1v) is 12.1. The predicted molar refractivity (Wildman–Crippen MR) is 130 cm³/mol. The molecule has 0 aliphatic heterocycles. The normalized spacial score (nSPS) is 22.6. The van der Waals surface area contributed by atoms with E-state index in [1.807, 2.05) is 0 Å². The van der Waals surface area contributed by atoms with E-state index in [2.05, 4.69) is 34.8 Å². The summed E-state index contributed by atoms with van der Waals surface area (Å²) in [6, 6.07) is 7.59. The van der Waals surface area contributed by atoms with Crippen molar-refractivity contribution in [2.75, 3.05) is 30.9 Å². The van der Waals surface area contributed by atoms with Crippen LogP contribution in [0.5, 0.6) is 0 Å². The van der Waals surface area contributed by atoms with E-state index in [0.29, 0.717) is 47.4 Å². The molecule has 1 heterocycles. The molecule has 5 nitrogen and oxygen atoms in total. The van der Waals surface area contributed by atoms with Crippen LogP contribution in [0.15, 0.2) is 30.5 Å². The molecular weight excluding hydrogens is 422 g/mol. The van der Waals surface area contributed by atoms with Crippen molar-refractivity contribution in [3.8, 4) is 11.1 Å². The average Bonchev–Trinajstić information content (AvgIpc) is 3.53. The van der Waals surface area contributed by atoms with Gasteiger partial charge in [0, 0.05) is 37.3 Å². The molecule has 0 amide bonds. The number of pyridine rings is 1. The summed E-state index contributed by atoms with van der Waals surface area (Å²) in [4.78, 5) is 4.26. The number of benzene rings is 1. The van der Waals surface area contributed by atoms with E-state index in [-0.39, 0.29) is 11.2 Å². The number of methoxy groups -OCH3 is 1. The predicted octanol–water partition coefficient (Wildman–Crippen LogP) is 5.59. The first-order valence-electron chi connectivity index (χ1n) is 12.1. The molecule has 4 rings (SSSR count). The van der Waals surface area contributed by atoms with Crippen LogP contribution in [0.4, 0.5) is 20.3 Å². The zero-order valence-electron chi connectivity index (χ0n) is 19.9. The van der Waals surface area contributed by atoms with Crippen molar-refractivity contribution in [2.24, 2.45) is 5.41 Å². The average molecular weight is 459 g/mol. The van der Waals surface area contributed by atoms with Crippen LogP contribution in [0, 0.1) is 17.0 Å².